The van der Waals surface area contributed by atoms with Crippen LogP contribution in [0.1, 0.15) is 11.1 Å². The molecule has 3 rings (SSSR count). The fraction of sp³-hybridized carbons (Fsp3) is 0.350. The molecule has 1 fully saturated rings. The molecule has 0 radical (unpaired) electrons. The second-order valence-corrected chi connectivity index (χ2v) is 9.13. The standard InChI is InChI=1S/C20H24ClN3O3S/c1-16-5-2-3-6-17(16)9-10-22-20(25)23-11-13-24(14-12-23)28(26,27)19-8-4-7-18(21)15-19/h2-8,15H,9-14H2,1H3,(H,22,25). The summed E-state index contributed by atoms with van der Waals surface area (Å²) < 4.78 is 26.8. The minimum atomic E-state index is -3.60. The number of carbonyl (C=O) groups is 1. The second kappa shape index (κ2) is 8.94. The van der Waals surface area contributed by atoms with Gasteiger partial charge >= 0.3 is 6.03 Å². The molecule has 150 valence electrons. The molecule has 2 aromatic carbocycles. The molecule has 8 heteroatoms. The van der Waals surface area contributed by atoms with Crippen molar-refractivity contribution in [1.29, 1.82) is 0 Å². The average molecular weight is 422 g/mol. The SMILES string of the molecule is Cc1ccccc1CCNC(=O)N1CCN(S(=O)(=O)c2cccc(Cl)c2)CC1. The number of sulfonamides is 1. The Bertz CT molecular complexity index is 941. The van der Waals surface area contributed by atoms with Crippen LogP contribution >= 0.6 is 11.6 Å². The topological polar surface area (TPSA) is 69.7 Å². The summed E-state index contributed by atoms with van der Waals surface area (Å²) in [6, 6.07) is 14.2. The molecule has 2 amide bonds. The number of benzene rings is 2. The fourth-order valence-corrected chi connectivity index (χ4v) is 4.94. The van der Waals surface area contributed by atoms with E-state index in [-0.39, 0.29) is 24.0 Å². The second-order valence-electron chi connectivity index (χ2n) is 6.76. The zero-order valence-corrected chi connectivity index (χ0v) is 17.3. The van der Waals surface area contributed by atoms with E-state index < -0.39 is 10.0 Å². The minimum Gasteiger partial charge on any atom is -0.338 e. The van der Waals surface area contributed by atoms with Crippen molar-refractivity contribution in [2.24, 2.45) is 0 Å². The lowest BCUT2D eigenvalue weighted by atomic mass is 10.1. The Morgan fingerprint density at radius 1 is 1.07 bits per heavy atom. The van der Waals surface area contributed by atoms with E-state index in [0.717, 1.165) is 6.42 Å². The molecule has 1 saturated heterocycles. The van der Waals surface area contributed by atoms with E-state index in [1.54, 1.807) is 17.0 Å². The first-order chi connectivity index (χ1) is 13.4. The van der Waals surface area contributed by atoms with Crippen LogP contribution in [0.3, 0.4) is 0 Å². The predicted octanol–water partition coefficient (Wildman–Crippen LogP) is 2.91. The molecule has 1 N–H and O–H groups in total. The molecule has 1 aliphatic rings. The number of piperazine rings is 1. The van der Waals surface area contributed by atoms with Crippen LogP contribution in [0.5, 0.6) is 0 Å². The summed E-state index contributed by atoms with van der Waals surface area (Å²) in [6.07, 6.45) is 0.765. The Morgan fingerprint density at radius 3 is 2.46 bits per heavy atom. The van der Waals surface area contributed by atoms with Gasteiger partial charge in [-0.3, -0.25) is 0 Å². The van der Waals surface area contributed by atoms with Gasteiger partial charge < -0.3 is 10.2 Å². The van der Waals surface area contributed by atoms with Gasteiger partial charge in [-0.2, -0.15) is 4.31 Å². The smallest absolute Gasteiger partial charge is 0.317 e. The highest BCUT2D eigenvalue weighted by Crippen LogP contribution is 2.20. The van der Waals surface area contributed by atoms with Gasteiger partial charge in [0.1, 0.15) is 0 Å². The minimum absolute atomic E-state index is 0.159. The molecule has 0 atom stereocenters. The number of hydrogen-bond donors (Lipinski definition) is 1. The Kier molecular flexibility index (Phi) is 6.59. The van der Waals surface area contributed by atoms with Crippen LogP contribution in [-0.2, 0) is 16.4 Å². The number of nitrogens with zero attached hydrogens (tertiary/aromatic N) is 2. The van der Waals surface area contributed by atoms with Crippen LogP contribution in [0.25, 0.3) is 0 Å². The van der Waals surface area contributed by atoms with Gasteiger partial charge in [-0.05, 0) is 42.7 Å². The van der Waals surface area contributed by atoms with Gasteiger partial charge in [0.2, 0.25) is 10.0 Å². The van der Waals surface area contributed by atoms with Crippen LogP contribution in [0.4, 0.5) is 4.79 Å². The van der Waals surface area contributed by atoms with Gasteiger partial charge in [-0.1, -0.05) is 41.9 Å². The van der Waals surface area contributed by atoms with E-state index in [1.807, 2.05) is 12.1 Å². The van der Waals surface area contributed by atoms with Gasteiger partial charge in [0, 0.05) is 37.7 Å². The molecule has 0 unspecified atom stereocenters. The van der Waals surface area contributed by atoms with Crippen LogP contribution in [-0.4, -0.2) is 56.4 Å². The van der Waals surface area contributed by atoms with Crippen molar-refractivity contribution in [3.05, 3.63) is 64.7 Å². The molecule has 6 nitrogen and oxygen atoms in total. The van der Waals surface area contributed by atoms with Gasteiger partial charge in [0.25, 0.3) is 0 Å². The first kappa shape index (κ1) is 20.6. The molecule has 28 heavy (non-hydrogen) atoms. The molecule has 0 saturated carbocycles. The zero-order valence-electron chi connectivity index (χ0n) is 15.8. The fourth-order valence-electron chi connectivity index (χ4n) is 3.21. The van der Waals surface area contributed by atoms with Crippen LogP contribution in [0.2, 0.25) is 5.02 Å². The monoisotopic (exact) mass is 421 g/mol. The molecule has 1 heterocycles. The summed E-state index contributed by atoms with van der Waals surface area (Å²) in [7, 11) is -3.60. The molecule has 0 aliphatic carbocycles. The first-order valence-electron chi connectivity index (χ1n) is 9.21. The number of halogens is 1. The third kappa shape index (κ3) is 4.84. The summed E-state index contributed by atoms with van der Waals surface area (Å²) in [5.41, 5.74) is 2.41. The largest absolute Gasteiger partial charge is 0.338 e. The zero-order chi connectivity index (χ0) is 20.1. The highest BCUT2D eigenvalue weighted by molar-refractivity contribution is 7.89. The molecule has 0 spiro atoms. The van der Waals surface area contributed by atoms with Crippen molar-refractivity contribution < 1.29 is 13.2 Å². The number of urea groups is 1. The third-order valence-corrected chi connectivity index (χ3v) is 7.02. The molecule has 0 aromatic heterocycles. The highest BCUT2D eigenvalue weighted by Gasteiger charge is 2.30. The molecular weight excluding hydrogens is 398 g/mol. The maximum Gasteiger partial charge on any atom is 0.317 e. The molecule has 0 bridgehead atoms. The number of carbonyl (C=O) groups excluding carboxylic acids is 1. The maximum absolute atomic E-state index is 12.7. The lowest BCUT2D eigenvalue weighted by molar-refractivity contribution is 0.172. The van der Waals surface area contributed by atoms with Crippen molar-refractivity contribution in [2.45, 2.75) is 18.2 Å². The van der Waals surface area contributed by atoms with Crippen molar-refractivity contribution in [3.8, 4) is 0 Å². The van der Waals surface area contributed by atoms with Crippen molar-refractivity contribution >= 4 is 27.7 Å². The molecular formula is C20H24ClN3O3S. The summed E-state index contributed by atoms with van der Waals surface area (Å²) in [5, 5.41) is 3.30. The quantitative estimate of drug-likeness (QED) is 0.806. The van der Waals surface area contributed by atoms with Gasteiger partial charge in [0.15, 0.2) is 0 Å². The Hall–Kier alpha value is -2.09. The normalized spacial score (nSPS) is 15.4. The highest BCUT2D eigenvalue weighted by atomic mass is 35.5. The predicted molar refractivity (Wildman–Crippen MR) is 110 cm³/mol. The lowest BCUT2D eigenvalue weighted by Crippen LogP contribution is -2.53. The Balaban J connectivity index is 1.50. The molecule has 2 aromatic rings. The number of rotatable bonds is 5. The van der Waals surface area contributed by atoms with E-state index in [2.05, 4.69) is 24.4 Å². The van der Waals surface area contributed by atoms with E-state index >= 15 is 0 Å². The van der Waals surface area contributed by atoms with Crippen LogP contribution in [0.15, 0.2) is 53.4 Å². The van der Waals surface area contributed by atoms with Gasteiger partial charge in [-0.25, -0.2) is 13.2 Å². The van der Waals surface area contributed by atoms with Gasteiger partial charge in [0.05, 0.1) is 4.90 Å². The summed E-state index contributed by atoms with van der Waals surface area (Å²) in [4.78, 5) is 14.2. The van der Waals surface area contributed by atoms with E-state index in [1.165, 1.54) is 27.6 Å². The van der Waals surface area contributed by atoms with Crippen molar-refractivity contribution in [2.75, 3.05) is 32.7 Å². The van der Waals surface area contributed by atoms with Crippen molar-refractivity contribution in [3.63, 3.8) is 0 Å². The number of nitrogens with one attached hydrogen (secondary N) is 1. The van der Waals surface area contributed by atoms with E-state index in [9.17, 15) is 13.2 Å². The van der Waals surface area contributed by atoms with Crippen LogP contribution in [0, 0.1) is 6.92 Å². The lowest BCUT2D eigenvalue weighted by Gasteiger charge is -2.34. The van der Waals surface area contributed by atoms with Crippen molar-refractivity contribution in [1.82, 2.24) is 14.5 Å². The maximum atomic E-state index is 12.7. The first-order valence-corrected chi connectivity index (χ1v) is 11.0. The van der Waals surface area contributed by atoms with Gasteiger partial charge in [-0.15, -0.1) is 0 Å². The number of amides is 2. The Morgan fingerprint density at radius 2 is 1.79 bits per heavy atom. The number of hydrogen-bond acceptors (Lipinski definition) is 3. The van der Waals surface area contributed by atoms with Crippen LogP contribution < -0.4 is 5.32 Å². The van der Waals surface area contributed by atoms with E-state index in [4.69, 9.17) is 11.6 Å². The molecule has 1 aliphatic heterocycles. The summed E-state index contributed by atoms with van der Waals surface area (Å²) in [5.74, 6) is 0. The summed E-state index contributed by atoms with van der Waals surface area (Å²) >= 11 is 5.91. The van der Waals surface area contributed by atoms with E-state index in [0.29, 0.717) is 24.7 Å². The third-order valence-electron chi connectivity index (χ3n) is 4.89. The summed E-state index contributed by atoms with van der Waals surface area (Å²) in [6.45, 7) is 3.84. The average Bonchev–Trinajstić information content (AvgIpc) is 2.69. The Labute approximate surface area is 171 Å². The number of aryl methyl sites for hydroxylation is 1.